The summed E-state index contributed by atoms with van der Waals surface area (Å²) in [6, 6.07) is 9.94. The Morgan fingerprint density at radius 1 is 1.29 bits per heavy atom. The molecule has 24 heavy (non-hydrogen) atoms. The molecule has 2 aromatic rings. The van der Waals surface area contributed by atoms with E-state index >= 15 is 0 Å². The van der Waals surface area contributed by atoms with Crippen LogP contribution >= 0.6 is 0 Å². The summed E-state index contributed by atoms with van der Waals surface area (Å²) in [6.07, 6.45) is 3.57. The molecular formula is C18H22N4O2. The largest absolute Gasteiger partial charge is 0.376 e. The van der Waals surface area contributed by atoms with Crippen LogP contribution in [0.15, 0.2) is 36.7 Å². The molecule has 6 nitrogen and oxygen atoms in total. The molecule has 1 fully saturated rings. The van der Waals surface area contributed by atoms with Gasteiger partial charge in [0.1, 0.15) is 17.8 Å². The molecule has 1 aliphatic heterocycles. The SMILES string of the molecule is Cc1ccc(CNc2cc(C(=O)NCC3CCCO3)ncn2)cc1. The van der Waals surface area contributed by atoms with Gasteiger partial charge in [-0.3, -0.25) is 4.79 Å². The van der Waals surface area contributed by atoms with Gasteiger partial charge in [-0.25, -0.2) is 9.97 Å². The van der Waals surface area contributed by atoms with Gasteiger partial charge in [-0.2, -0.15) is 0 Å². The van der Waals surface area contributed by atoms with Crippen molar-refractivity contribution < 1.29 is 9.53 Å². The van der Waals surface area contributed by atoms with Gasteiger partial charge < -0.3 is 15.4 Å². The number of rotatable bonds is 6. The second-order valence-electron chi connectivity index (χ2n) is 5.97. The van der Waals surface area contributed by atoms with Gasteiger partial charge in [-0.1, -0.05) is 29.8 Å². The molecule has 2 N–H and O–H groups in total. The Balaban J connectivity index is 1.54. The summed E-state index contributed by atoms with van der Waals surface area (Å²) in [5, 5.41) is 6.08. The maximum Gasteiger partial charge on any atom is 0.270 e. The number of benzene rings is 1. The Hall–Kier alpha value is -2.47. The molecule has 0 spiro atoms. The molecule has 0 aliphatic carbocycles. The lowest BCUT2D eigenvalue weighted by molar-refractivity contribution is 0.0853. The molecule has 1 aromatic heterocycles. The maximum atomic E-state index is 12.2. The van der Waals surface area contributed by atoms with Crippen molar-refractivity contribution >= 4 is 11.7 Å². The summed E-state index contributed by atoms with van der Waals surface area (Å²) in [4.78, 5) is 20.4. The third-order valence-corrected chi connectivity index (χ3v) is 4.01. The first-order valence-corrected chi connectivity index (χ1v) is 8.22. The normalized spacial score (nSPS) is 16.8. The van der Waals surface area contributed by atoms with Crippen LogP contribution in [0.5, 0.6) is 0 Å². The van der Waals surface area contributed by atoms with E-state index in [0.29, 0.717) is 24.6 Å². The van der Waals surface area contributed by atoms with E-state index in [2.05, 4.69) is 51.8 Å². The number of anilines is 1. The minimum atomic E-state index is -0.203. The number of nitrogens with zero attached hydrogens (tertiary/aromatic N) is 2. The fourth-order valence-corrected chi connectivity index (χ4v) is 2.58. The third-order valence-electron chi connectivity index (χ3n) is 4.01. The van der Waals surface area contributed by atoms with Crippen LogP contribution in [-0.4, -0.2) is 35.1 Å². The van der Waals surface area contributed by atoms with Crippen LogP contribution in [0.4, 0.5) is 5.82 Å². The Labute approximate surface area is 141 Å². The summed E-state index contributed by atoms with van der Waals surface area (Å²) in [7, 11) is 0. The number of ether oxygens (including phenoxy) is 1. The van der Waals surface area contributed by atoms with E-state index < -0.39 is 0 Å². The van der Waals surface area contributed by atoms with Crippen molar-refractivity contribution in [2.45, 2.75) is 32.4 Å². The second-order valence-corrected chi connectivity index (χ2v) is 5.97. The van der Waals surface area contributed by atoms with Gasteiger partial charge in [0.05, 0.1) is 6.10 Å². The molecule has 126 valence electrons. The Bertz CT molecular complexity index is 682. The van der Waals surface area contributed by atoms with E-state index in [1.165, 1.54) is 11.9 Å². The molecule has 0 bridgehead atoms. The average Bonchev–Trinajstić information content (AvgIpc) is 3.13. The van der Waals surface area contributed by atoms with Crippen molar-refractivity contribution in [1.82, 2.24) is 15.3 Å². The molecule has 1 atom stereocenters. The van der Waals surface area contributed by atoms with Gasteiger partial charge >= 0.3 is 0 Å². The number of carbonyl (C=O) groups is 1. The highest BCUT2D eigenvalue weighted by molar-refractivity contribution is 5.92. The topological polar surface area (TPSA) is 76.1 Å². The Morgan fingerprint density at radius 2 is 2.12 bits per heavy atom. The summed E-state index contributed by atoms with van der Waals surface area (Å²) in [5.41, 5.74) is 2.74. The second kappa shape index (κ2) is 7.88. The zero-order chi connectivity index (χ0) is 16.8. The van der Waals surface area contributed by atoms with Crippen molar-refractivity contribution in [3.63, 3.8) is 0 Å². The van der Waals surface area contributed by atoms with Crippen LogP contribution < -0.4 is 10.6 Å². The molecule has 0 radical (unpaired) electrons. The smallest absolute Gasteiger partial charge is 0.270 e. The molecule has 0 saturated carbocycles. The number of hydrogen-bond acceptors (Lipinski definition) is 5. The lowest BCUT2D eigenvalue weighted by Crippen LogP contribution is -2.32. The first kappa shape index (κ1) is 16.4. The molecule has 1 aromatic carbocycles. The van der Waals surface area contributed by atoms with Crippen LogP contribution in [0, 0.1) is 6.92 Å². The summed E-state index contributed by atoms with van der Waals surface area (Å²) >= 11 is 0. The lowest BCUT2D eigenvalue weighted by atomic mass is 10.1. The number of nitrogens with one attached hydrogen (secondary N) is 2. The molecule has 1 aliphatic rings. The first-order chi connectivity index (χ1) is 11.7. The highest BCUT2D eigenvalue weighted by Gasteiger charge is 2.17. The molecule has 1 saturated heterocycles. The van der Waals surface area contributed by atoms with Crippen molar-refractivity contribution in [1.29, 1.82) is 0 Å². The van der Waals surface area contributed by atoms with Crippen LogP contribution in [-0.2, 0) is 11.3 Å². The average molecular weight is 326 g/mol. The molecule has 6 heteroatoms. The summed E-state index contributed by atoms with van der Waals surface area (Å²) in [5.74, 6) is 0.430. The van der Waals surface area contributed by atoms with E-state index in [9.17, 15) is 4.79 Å². The van der Waals surface area contributed by atoms with E-state index in [1.54, 1.807) is 6.07 Å². The highest BCUT2D eigenvalue weighted by Crippen LogP contribution is 2.11. The molecule has 3 rings (SSSR count). The van der Waals surface area contributed by atoms with Gasteiger partial charge in [0, 0.05) is 25.8 Å². The molecule has 1 amide bonds. The van der Waals surface area contributed by atoms with E-state index in [0.717, 1.165) is 25.0 Å². The number of hydrogen-bond donors (Lipinski definition) is 2. The summed E-state index contributed by atoms with van der Waals surface area (Å²) < 4.78 is 5.50. The van der Waals surface area contributed by atoms with E-state index in [1.807, 2.05) is 0 Å². The minimum Gasteiger partial charge on any atom is -0.376 e. The number of aromatic nitrogens is 2. The molecule has 2 heterocycles. The molecular weight excluding hydrogens is 304 g/mol. The predicted octanol–water partition coefficient (Wildman–Crippen LogP) is 2.31. The van der Waals surface area contributed by atoms with Gasteiger partial charge in [-0.15, -0.1) is 0 Å². The van der Waals surface area contributed by atoms with Crippen LogP contribution in [0.25, 0.3) is 0 Å². The quantitative estimate of drug-likeness (QED) is 0.852. The van der Waals surface area contributed by atoms with Gasteiger partial charge in [0.15, 0.2) is 0 Å². The monoisotopic (exact) mass is 326 g/mol. The minimum absolute atomic E-state index is 0.120. The number of aryl methyl sites for hydroxylation is 1. The highest BCUT2D eigenvalue weighted by atomic mass is 16.5. The number of amides is 1. The van der Waals surface area contributed by atoms with E-state index in [4.69, 9.17) is 4.74 Å². The predicted molar refractivity (Wildman–Crippen MR) is 91.8 cm³/mol. The zero-order valence-corrected chi connectivity index (χ0v) is 13.8. The Morgan fingerprint density at radius 3 is 2.88 bits per heavy atom. The standard InChI is InChI=1S/C18H22N4O2/c1-13-4-6-14(7-5-13)10-19-17-9-16(21-12-22-17)18(23)20-11-15-3-2-8-24-15/h4-7,9,12,15H,2-3,8,10-11H2,1H3,(H,20,23)(H,19,21,22). The van der Waals surface area contributed by atoms with Crippen LogP contribution in [0.3, 0.4) is 0 Å². The van der Waals surface area contributed by atoms with E-state index in [-0.39, 0.29) is 12.0 Å². The fraction of sp³-hybridized carbons (Fsp3) is 0.389. The fourth-order valence-electron chi connectivity index (χ4n) is 2.58. The Kier molecular flexibility index (Phi) is 5.38. The lowest BCUT2D eigenvalue weighted by Gasteiger charge is -2.11. The van der Waals surface area contributed by atoms with Crippen molar-refractivity contribution in [2.75, 3.05) is 18.5 Å². The van der Waals surface area contributed by atoms with Gasteiger partial charge in [0.25, 0.3) is 5.91 Å². The maximum absolute atomic E-state index is 12.2. The van der Waals surface area contributed by atoms with Crippen LogP contribution in [0.1, 0.15) is 34.5 Å². The van der Waals surface area contributed by atoms with Gasteiger partial charge in [-0.05, 0) is 25.3 Å². The summed E-state index contributed by atoms with van der Waals surface area (Å²) in [6.45, 7) is 4.01. The van der Waals surface area contributed by atoms with Crippen molar-refractivity contribution in [3.05, 3.63) is 53.5 Å². The third kappa shape index (κ3) is 4.52. The number of carbonyl (C=O) groups excluding carboxylic acids is 1. The molecule has 1 unspecified atom stereocenters. The van der Waals surface area contributed by atoms with Crippen molar-refractivity contribution in [3.8, 4) is 0 Å². The first-order valence-electron chi connectivity index (χ1n) is 8.22. The zero-order valence-electron chi connectivity index (χ0n) is 13.8. The van der Waals surface area contributed by atoms with Crippen molar-refractivity contribution in [2.24, 2.45) is 0 Å². The van der Waals surface area contributed by atoms with Crippen LogP contribution in [0.2, 0.25) is 0 Å². The van der Waals surface area contributed by atoms with Gasteiger partial charge in [0.2, 0.25) is 0 Å².